The van der Waals surface area contributed by atoms with Gasteiger partial charge in [-0.15, -0.1) is 11.3 Å². The van der Waals surface area contributed by atoms with Gasteiger partial charge >= 0.3 is 0 Å². The van der Waals surface area contributed by atoms with Crippen LogP contribution in [0.4, 0.5) is 11.4 Å². The number of aryl methyl sites for hydroxylation is 2. The van der Waals surface area contributed by atoms with Gasteiger partial charge in [-0.3, -0.25) is 4.79 Å². The number of hydrogen-bond acceptors (Lipinski definition) is 5. The van der Waals surface area contributed by atoms with Crippen molar-refractivity contribution in [2.45, 2.75) is 13.8 Å². The van der Waals surface area contributed by atoms with Crippen LogP contribution >= 0.6 is 11.3 Å². The summed E-state index contributed by atoms with van der Waals surface area (Å²) in [6, 6.07) is 12.3. The first-order valence-electron chi connectivity index (χ1n) is 8.80. The van der Waals surface area contributed by atoms with Crippen molar-refractivity contribution in [3.8, 4) is 0 Å². The molecule has 5 nitrogen and oxygen atoms in total. The molecule has 1 aliphatic rings. The Balaban J connectivity index is 1.55. The van der Waals surface area contributed by atoms with E-state index in [-0.39, 0.29) is 5.91 Å². The van der Waals surface area contributed by atoms with E-state index in [0.29, 0.717) is 23.7 Å². The number of nitrogens with two attached hydrogens (primary N) is 1. The number of nitrogen functional groups attached to an aromatic ring is 1. The second-order valence-corrected chi connectivity index (χ2v) is 7.72. The van der Waals surface area contributed by atoms with Gasteiger partial charge in [-0.05, 0) is 37.6 Å². The Morgan fingerprint density at radius 3 is 2.50 bits per heavy atom. The van der Waals surface area contributed by atoms with E-state index < -0.39 is 0 Å². The number of anilines is 2. The number of nitrogens with zero attached hydrogens (tertiary/aromatic N) is 3. The third-order valence-corrected chi connectivity index (χ3v) is 5.99. The van der Waals surface area contributed by atoms with E-state index in [0.717, 1.165) is 34.6 Å². The molecule has 1 amide bonds. The predicted octanol–water partition coefficient (Wildman–Crippen LogP) is 3.46. The molecule has 0 unspecified atom stereocenters. The van der Waals surface area contributed by atoms with Gasteiger partial charge in [-0.1, -0.05) is 18.2 Å². The second kappa shape index (κ2) is 6.61. The summed E-state index contributed by atoms with van der Waals surface area (Å²) in [7, 11) is 0. The Morgan fingerprint density at radius 1 is 1.12 bits per heavy atom. The predicted molar refractivity (Wildman–Crippen MR) is 108 cm³/mol. The molecule has 134 valence electrons. The highest BCUT2D eigenvalue weighted by molar-refractivity contribution is 7.21. The number of aromatic nitrogens is 1. The van der Waals surface area contributed by atoms with Gasteiger partial charge in [-0.25, -0.2) is 4.98 Å². The number of hydrogen-bond donors (Lipinski definition) is 1. The van der Waals surface area contributed by atoms with Crippen molar-refractivity contribution in [2.75, 3.05) is 36.8 Å². The Kier molecular flexibility index (Phi) is 4.28. The highest BCUT2D eigenvalue weighted by Gasteiger charge is 2.26. The van der Waals surface area contributed by atoms with Gasteiger partial charge in [-0.2, -0.15) is 0 Å². The molecule has 0 radical (unpaired) electrons. The minimum Gasteiger partial charge on any atom is -0.397 e. The lowest BCUT2D eigenvalue weighted by Crippen LogP contribution is -2.48. The van der Waals surface area contributed by atoms with Crippen molar-refractivity contribution in [1.82, 2.24) is 9.88 Å². The maximum Gasteiger partial charge on any atom is 0.266 e. The lowest BCUT2D eigenvalue weighted by Gasteiger charge is -2.36. The topological polar surface area (TPSA) is 62.5 Å². The number of carbonyl (C=O) groups is 1. The van der Waals surface area contributed by atoms with E-state index in [1.54, 1.807) is 0 Å². The normalized spacial score (nSPS) is 14.8. The first-order valence-corrected chi connectivity index (χ1v) is 9.61. The van der Waals surface area contributed by atoms with Crippen LogP contribution in [0.3, 0.4) is 0 Å². The quantitative estimate of drug-likeness (QED) is 0.754. The smallest absolute Gasteiger partial charge is 0.266 e. The van der Waals surface area contributed by atoms with E-state index in [1.165, 1.54) is 17.0 Å². The van der Waals surface area contributed by atoms with Crippen LogP contribution in [0.1, 0.15) is 20.9 Å². The maximum absolute atomic E-state index is 13.0. The minimum absolute atomic E-state index is 0.0234. The van der Waals surface area contributed by atoms with Gasteiger partial charge in [0.1, 0.15) is 9.71 Å². The fourth-order valence-corrected chi connectivity index (χ4v) is 4.76. The van der Waals surface area contributed by atoms with Crippen molar-refractivity contribution in [2.24, 2.45) is 0 Å². The summed E-state index contributed by atoms with van der Waals surface area (Å²) in [4.78, 5) is 23.3. The van der Waals surface area contributed by atoms with Gasteiger partial charge in [0.15, 0.2) is 0 Å². The average Bonchev–Trinajstić information content (AvgIpc) is 2.98. The van der Waals surface area contributed by atoms with E-state index in [2.05, 4.69) is 22.0 Å². The summed E-state index contributed by atoms with van der Waals surface area (Å²) in [5.41, 5.74) is 10.1. The van der Waals surface area contributed by atoms with Crippen molar-refractivity contribution >= 4 is 38.8 Å². The monoisotopic (exact) mass is 366 g/mol. The molecule has 2 N–H and O–H groups in total. The Bertz CT molecular complexity index is 959. The molecule has 4 rings (SSSR count). The first kappa shape index (κ1) is 16.8. The number of pyridine rings is 1. The Hall–Kier alpha value is -2.60. The summed E-state index contributed by atoms with van der Waals surface area (Å²) < 4.78 is 0. The van der Waals surface area contributed by atoms with Gasteiger partial charge in [0, 0.05) is 42.9 Å². The van der Waals surface area contributed by atoms with Crippen LogP contribution in [0.2, 0.25) is 0 Å². The second-order valence-electron chi connectivity index (χ2n) is 6.72. The zero-order chi connectivity index (χ0) is 18.3. The molecule has 0 bridgehead atoms. The molecule has 3 heterocycles. The lowest BCUT2D eigenvalue weighted by atomic mass is 10.1. The molecule has 1 saturated heterocycles. The Labute approximate surface area is 157 Å². The van der Waals surface area contributed by atoms with Crippen LogP contribution in [0.25, 0.3) is 10.2 Å². The number of para-hydroxylation sites is 1. The van der Waals surface area contributed by atoms with Crippen LogP contribution in [0, 0.1) is 13.8 Å². The highest BCUT2D eigenvalue weighted by Crippen LogP contribution is 2.36. The molecule has 26 heavy (non-hydrogen) atoms. The molecule has 6 heteroatoms. The zero-order valence-corrected chi connectivity index (χ0v) is 15.8. The van der Waals surface area contributed by atoms with E-state index >= 15 is 0 Å². The molecule has 1 fully saturated rings. The van der Waals surface area contributed by atoms with Crippen molar-refractivity contribution in [3.05, 3.63) is 52.5 Å². The fourth-order valence-electron chi connectivity index (χ4n) is 3.58. The summed E-state index contributed by atoms with van der Waals surface area (Å²) in [5, 5.41) is 0.923. The van der Waals surface area contributed by atoms with Crippen LogP contribution in [0.5, 0.6) is 0 Å². The van der Waals surface area contributed by atoms with E-state index in [4.69, 9.17) is 5.73 Å². The zero-order valence-electron chi connectivity index (χ0n) is 15.0. The maximum atomic E-state index is 13.0. The SMILES string of the molecule is Cc1cc(C)c2c(N)c(C(=O)N3CCN(c4ccccc4)CC3)sc2n1. The van der Waals surface area contributed by atoms with Gasteiger partial charge in [0.2, 0.25) is 0 Å². The molecule has 0 aliphatic carbocycles. The fraction of sp³-hybridized carbons (Fsp3) is 0.300. The van der Waals surface area contributed by atoms with E-state index in [9.17, 15) is 4.79 Å². The molecule has 0 spiro atoms. The molecular weight excluding hydrogens is 344 g/mol. The molecule has 3 aromatic rings. The number of carbonyl (C=O) groups excluding carboxylic acids is 1. The van der Waals surface area contributed by atoms with Crippen molar-refractivity contribution in [3.63, 3.8) is 0 Å². The van der Waals surface area contributed by atoms with Gasteiger partial charge in [0.05, 0.1) is 5.69 Å². The summed E-state index contributed by atoms with van der Waals surface area (Å²) in [6.45, 7) is 7.05. The Morgan fingerprint density at radius 2 is 1.81 bits per heavy atom. The van der Waals surface area contributed by atoms with Crippen LogP contribution in [-0.2, 0) is 0 Å². The molecule has 1 aliphatic heterocycles. The van der Waals surface area contributed by atoms with Gasteiger partial charge in [0.25, 0.3) is 5.91 Å². The third-order valence-electron chi connectivity index (χ3n) is 4.91. The number of piperazine rings is 1. The summed E-state index contributed by atoms with van der Waals surface area (Å²) in [5.74, 6) is 0.0234. The number of rotatable bonds is 2. The highest BCUT2D eigenvalue weighted by atomic mass is 32.1. The first-order chi connectivity index (χ1) is 12.5. The number of amides is 1. The molecule has 0 atom stereocenters. The number of fused-ring (bicyclic) bond motifs is 1. The van der Waals surface area contributed by atoms with Gasteiger partial charge < -0.3 is 15.5 Å². The molecule has 1 aromatic carbocycles. The minimum atomic E-state index is 0.0234. The third kappa shape index (κ3) is 2.90. The number of thiophene rings is 1. The van der Waals surface area contributed by atoms with Crippen LogP contribution in [-0.4, -0.2) is 42.0 Å². The van der Waals surface area contributed by atoms with Crippen LogP contribution < -0.4 is 10.6 Å². The van der Waals surface area contributed by atoms with Crippen molar-refractivity contribution in [1.29, 1.82) is 0 Å². The summed E-state index contributed by atoms with van der Waals surface area (Å²) in [6.07, 6.45) is 0. The van der Waals surface area contributed by atoms with Crippen LogP contribution in [0.15, 0.2) is 36.4 Å². The lowest BCUT2D eigenvalue weighted by molar-refractivity contribution is 0.0752. The molecule has 0 saturated carbocycles. The summed E-state index contributed by atoms with van der Waals surface area (Å²) >= 11 is 1.41. The van der Waals surface area contributed by atoms with E-state index in [1.807, 2.05) is 43.0 Å². The largest absolute Gasteiger partial charge is 0.397 e. The number of benzene rings is 1. The standard InChI is InChI=1S/C20H22N4OS/c1-13-12-14(2)22-19-16(13)17(21)18(26-19)20(25)24-10-8-23(9-11-24)15-6-4-3-5-7-15/h3-7,12H,8-11,21H2,1-2H3. The average molecular weight is 366 g/mol. The van der Waals surface area contributed by atoms with Crippen molar-refractivity contribution < 1.29 is 4.79 Å². The molecular formula is C20H22N4OS. The molecule has 2 aromatic heterocycles.